The van der Waals surface area contributed by atoms with Gasteiger partial charge in [0.05, 0.1) is 5.92 Å². The van der Waals surface area contributed by atoms with E-state index in [1.165, 1.54) is 0 Å². The molecule has 0 saturated heterocycles. The van der Waals surface area contributed by atoms with Gasteiger partial charge >= 0.3 is 12.1 Å². The van der Waals surface area contributed by atoms with Gasteiger partial charge in [0.25, 0.3) is 0 Å². The van der Waals surface area contributed by atoms with E-state index < -0.39 is 23.5 Å². The number of carbonyl (C=O) groups excluding carboxylic acids is 2. The maximum Gasteiger partial charge on any atom is 0.408 e. The molecule has 3 aliphatic rings. The fourth-order valence-corrected chi connectivity index (χ4v) is 5.87. The second kappa shape index (κ2) is 9.36. The molecule has 2 aromatic rings. The second-order valence-electron chi connectivity index (χ2n) is 10.3. The Kier molecular flexibility index (Phi) is 6.26. The first-order chi connectivity index (χ1) is 16.9. The Morgan fingerprint density at radius 1 is 0.971 bits per heavy atom. The van der Waals surface area contributed by atoms with Crippen LogP contribution in [0.1, 0.15) is 56.1 Å². The summed E-state index contributed by atoms with van der Waals surface area (Å²) in [5.41, 5.74) is 3.50. The van der Waals surface area contributed by atoms with Crippen LogP contribution in [-0.2, 0) is 14.3 Å². The van der Waals surface area contributed by atoms with Gasteiger partial charge in [0.1, 0.15) is 12.1 Å². The number of rotatable bonds is 8. The number of carboxylic acid groups (broad SMARTS) is 1. The molecule has 0 spiro atoms. The van der Waals surface area contributed by atoms with Crippen LogP contribution in [0.3, 0.4) is 0 Å². The average Bonchev–Trinajstić information content (AvgIpc) is 3.53. The normalized spacial score (nSPS) is 22.5. The lowest BCUT2D eigenvalue weighted by atomic mass is 9.92. The van der Waals surface area contributed by atoms with Crippen molar-refractivity contribution in [3.63, 3.8) is 0 Å². The Morgan fingerprint density at radius 2 is 1.60 bits per heavy atom. The van der Waals surface area contributed by atoms with Crippen LogP contribution in [0.15, 0.2) is 48.5 Å². The standard InChI is InChI=1S/C28H32N2O5/c1-28(18-13-14-18,26(33)29-15-17-7-6-12-19(17)25(31)32)30-27(34)35-16-24-22-10-4-2-8-20(22)21-9-3-5-11-23(21)24/h2-5,8-11,17-19,24H,6-7,12-16H2,1H3,(H,29,33)(H,30,34)(H,31,32). The molecular formula is C28H32N2O5. The minimum atomic E-state index is -1.08. The van der Waals surface area contributed by atoms with E-state index in [0.717, 1.165) is 47.9 Å². The van der Waals surface area contributed by atoms with E-state index in [4.69, 9.17) is 4.74 Å². The first-order valence-corrected chi connectivity index (χ1v) is 12.5. The van der Waals surface area contributed by atoms with Gasteiger partial charge in [-0.2, -0.15) is 0 Å². The Hall–Kier alpha value is -3.35. The molecule has 0 radical (unpaired) electrons. The van der Waals surface area contributed by atoms with Crippen molar-refractivity contribution in [2.75, 3.05) is 13.2 Å². The maximum absolute atomic E-state index is 13.2. The summed E-state index contributed by atoms with van der Waals surface area (Å²) in [6.07, 6.45) is 3.39. The monoisotopic (exact) mass is 476 g/mol. The highest BCUT2D eigenvalue weighted by Crippen LogP contribution is 2.45. The van der Waals surface area contributed by atoms with Crippen LogP contribution in [-0.4, -0.2) is 41.8 Å². The van der Waals surface area contributed by atoms with Crippen molar-refractivity contribution in [2.45, 2.75) is 50.5 Å². The summed E-state index contributed by atoms with van der Waals surface area (Å²) in [7, 11) is 0. The predicted molar refractivity (Wildman–Crippen MR) is 131 cm³/mol. The molecule has 184 valence electrons. The minimum absolute atomic E-state index is 0.0434. The summed E-state index contributed by atoms with van der Waals surface area (Å²) in [5.74, 6) is -1.58. The summed E-state index contributed by atoms with van der Waals surface area (Å²) >= 11 is 0. The highest BCUT2D eigenvalue weighted by Gasteiger charge is 2.49. The Labute approximate surface area is 205 Å². The van der Waals surface area contributed by atoms with Crippen LogP contribution in [0.4, 0.5) is 4.79 Å². The molecule has 3 N–H and O–H groups in total. The molecule has 3 aliphatic carbocycles. The lowest BCUT2D eigenvalue weighted by molar-refractivity contribution is -0.143. The van der Waals surface area contributed by atoms with Crippen LogP contribution in [0.2, 0.25) is 0 Å². The molecule has 0 bridgehead atoms. The number of carboxylic acids is 1. The predicted octanol–water partition coefficient (Wildman–Crippen LogP) is 4.31. The fraction of sp³-hybridized carbons (Fsp3) is 0.464. The third-order valence-corrected chi connectivity index (χ3v) is 8.07. The number of amides is 2. The number of alkyl carbamates (subject to hydrolysis) is 1. The van der Waals surface area contributed by atoms with Crippen molar-refractivity contribution in [2.24, 2.45) is 17.8 Å². The Bertz CT molecular complexity index is 1100. The van der Waals surface area contributed by atoms with E-state index in [-0.39, 0.29) is 30.3 Å². The van der Waals surface area contributed by atoms with Gasteiger partial charge < -0.3 is 20.5 Å². The average molecular weight is 477 g/mol. The van der Waals surface area contributed by atoms with Crippen molar-refractivity contribution in [3.8, 4) is 11.1 Å². The first-order valence-electron chi connectivity index (χ1n) is 12.5. The molecule has 2 saturated carbocycles. The smallest absolute Gasteiger partial charge is 0.408 e. The summed E-state index contributed by atoms with van der Waals surface area (Å²) in [5, 5.41) is 15.2. The lowest BCUT2D eigenvalue weighted by Crippen LogP contribution is -2.59. The first kappa shape index (κ1) is 23.4. The Balaban J connectivity index is 1.22. The van der Waals surface area contributed by atoms with Crippen LogP contribution in [0.25, 0.3) is 11.1 Å². The molecule has 0 aromatic heterocycles. The molecule has 3 unspecified atom stereocenters. The zero-order valence-corrected chi connectivity index (χ0v) is 20.0. The number of hydrogen-bond donors (Lipinski definition) is 3. The number of benzene rings is 2. The third kappa shape index (κ3) is 4.51. The van der Waals surface area contributed by atoms with E-state index in [2.05, 4.69) is 34.9 Å². The lowest BCUT2D eigenvalue weighted by Gasteiger charge is -2.30. The minimum Gasteiger partial charge on any atom is -0.481 e. The van der Waals surface area contributed by atoms with Crippen molar-refractivity contribution >= 4 is 18.0 Å². The molecule has 2 aromatic carbocycles. The maximum atomic E-state index is 13.2. The quantitative estimate of drug-likeness (QED) is 0.527. The second-order valence-corrected chi connectivity index (χ2v) is 10.3. The van der Waals surface area contributed by atoms with E-state index >= 15 is 0 Å². The van der Waals surface area contributed by atoms with E-state index in [1.54, 1.807) is 6.92 Å². The number of ether oxygens (including phenoxy) is 1. The van der Waals surface area contributed by atoms with Crippen molar-refractivity contribution < 1.29 is 24.2 Å². The van der Waals surface area contributed by atoms with E-state index in [1.807, 2.05) is 24.3 Å². The van der Waals surface area contributed by atoms with E-state index in [9.17, 15) is 19.5 Å². The van der Waals surface area contributed by atoms with Gasteiger partial charge in [-0.1, -0.05) is 55.0 Å². The van der Waals surface area contributed by atoms with Crippen LogP contribution < -0.4 is 10.6 Å². The number of aliphatic carboxylic acids is 1. The molecular weight excluding hydrogens is 444 g/mol. The van der Waals surface area contributed by atoms with Crippen molar-refractivity contribution in [1.82, 2.24) is 10.6 Å². The van der Waals surface area contributed by atoms with Gasteiger partial charge in [-0.15, -0.1) is 0 Å². The number of nitrogens with one attached hydrogen (secondary N) is 2. The molecule has 7 nitrogen and oxygen atoms in total. The zero-order chi connectivity index (χ0) is 24.6. The van der Waals surface area contributed by atoms with Gasteiger partial charge in [0.2, 0.25) is 5.91 Å². The van der Waals surface area contributed by atoms with Crippen molar-refractivity contribution in [3.05, 3.63) is 59.7 Å². The van der Waals surface area contributed by atoms with Gasteiger partial charge in [0, 0.05) is 12.5 Å². The summed E-state index contributed by atoms with van der Waals surface area (Å²) in [6, 6.07) is 16.3. The zero-order valence-electron chi connectivity index (χ0n) is 20.0. The van der Waals surface area contributed by atoms with Crippen LogP contribution >= 0.6 is 0 Å². The Morgan fingerprint density at radius 3 is 2.20 bits per heavy atom. The fourth-order valence-electron chi connectivity index (χ4n) is 5.87. The molecule has 7 heteroatoms. The van der Waals surface area contributed by atoms with Gasteiger partial charge in [-0.25, -0.2) is 4.79 Å². The number of fused-ring (bicyclic) bond motifs is 3. The summed E-state index contributed by atoms with van der Waals surface area (Å²) in [4.78, 5) is 37.5. The van der Waals surface area contributed by atoms with Gasteiger partial charge in [-0.05, 0) is 66.7 Å². The molecule has 35 heavy (non-hydrogen) atoms. The van der Waals surface area contributed by atoms with Crippen LogP contribution in [0.5, 0.6) is 0 Å². The molecule has 2 amide bonds. The van der Waals surface area contributed by atoms with E-state index in [0.29, 0.717) is 13.0 Å². The SMILES string of the molecule is CC(NC(=O)OCC1c2ccccc2-c2ccccc21)(C(=O)NCC1CCCC1C(=O)O)C1CC1. The van der Waals surface area contributed by atoms with Crippen molar-refractivity contribution in [1.29, 1.82) is 0 Å². The van der Waals surface area contributed by atoms with Crippen LogP contribution in [0, 0.1) is 17.8 Å². The highest BCUT2D eigenvalue weighted by atomic mass is 16.5. The van der Waals surface area contributed by atoms with Gasteiger partial charge in [-0.3, -0.25) is 9.59 Å². The topological polar surface area (TPSA) is 105 Å². The molecule has 5 rings (SSSR count). The summed E-state index contributed by atoms with van der Waals surface area (Å²) in [6.45, 7) is 2.24. The third-order valence-electron chi connectivity index (χ3n) is 8.07. The number of carbonyl (C=O) groups is 3. The summed E-state index contributed by atoms with van der Waals surface area (Å²) < 4.78 is 5.68. The molecule has 2 fully saturated rings. The molecule has 0 aliphatic heterocycles. The molecule has 3 atom stereocenters. The number of hydrogen-bond acceptors (Lipinski definition) is 4. The highest BCUT2D eigenvalue weighted by molar-refractivity contribution is 5.90. The van der Waals surface area contributed by atoms with Gasteiger partial charge in [0.15, 0.2) is 0 Å². The molecule has 0 heterocycles. The largest absolute Gasteiger partial charge is 0.481 e.